The maximum atomic E-state index is 11.6. The number of nitrogens with two attached hydrogens (primary N) is 1. The van der Waals surface area contributed by atoms with E-state index < -0.39 is 0 Å². The van der Waals surface area contributed by atoms with Crippen LogP contribution < -0.4 is 11.3 Å². The Morgan fingerprint density at radius 2 is 2.41 bits per heavy atom. The number of rotatable bonds is 2. The highest BCUT2D eigenvalue weighted by Gasteiger charge is 2.09. The van der Waals surface area contributed by atoms with Crippen LogP contribution in [0.25, 0.3) is 11.2 Å². The summed E-state index contributed by atoms with van der Waals surface area (Å²) < 4.78 is 5.78. The Labute approximate surface area is 99.1 Å². The zero-order valence-electron chi connectivity index (χ0n) is 8.62. The molecule has 0 saturated heterocycles. The highest BCUT2D eigenvalue weighted by Crippen LogP contribution is 2.10. The Morgan fingerprint density at radius 1 is 1.53 bits per heavy atom. The molecular weight excluding hydrogens is 240 g/mol. The zero-order chi connectivity index (χ0) is 11.8. The number of fused-ring (bicyclic) bond motifs is 1. The van der Waals surface area contributed by atoms with Gasteiger partial charge in [0.1, 0.15) is 0 Å². The van der Waals surface area contributed by atoms with Crippen molar-refractivity contribution in [3.8, 4) is 0 Å². The quantitative estimate of drug-likeness (QED) is 0.674. The summed E-state index contributed by atoms with van der Waals surface area (Å²) in [6.45, 7) is 0.572. The molecule has 0 spiro atoms. The van der Waals surface area contributed by atoms with Crippen LogP contribution in [0.15, 0.2) is 22.7 Å². The van der Waals surface area contributed by atoms with E-state index in [9.17, 15) is 4.79 Å². The first-order valence-corrected chi connectivity index (χ1v) is 5.66. The van der Waals surface area contributed by atoms with Crippen LogP contribution in [-0.4, -0.2) is 23.9 Å². The van der Waals surface area contributed by atoms with Gasteiger partial charge in [-0.1, -0.05) is 0 Å². The maximum absolute atomic E-state index is 11.6. The molecule has 0 fully saturated rings. The number of anilines is 1. The van der Waals surface area contributed by atoms with Crippen molar-refractivity contribution in [2.75, 3.05) is 5.73 Å². The van der Waals surface area contributed by atoms with E-state index in [-0.39, 0.29) is 11.5 Å². The molecule has 7 nitrogen and oxygen atoms in total. The standard InChI is InChI=1S/C9H8N6OS/c10-9-13-7-6(8(16)14-9)11-4-15(7)2-5-1-12-17-3-5/h1,3-4H,2H2,(H3,10,13,14,16). The fraction of sp³-hybridized carbons (Fsp3) is 0.111. The first kappa shape index (κ1) is 9.97. The summed E-state index contributed by atoms with van der Waals surface area (Å²) in [7, 11) is 0. The molecule has 0 atom stereocenters. The minimum Gasteiger partial charge on any atom is -0.369 e. The van der Waals surface area contributed by atoms with Gasteiger partial charge >= 0.3 is 0 Å². The predicted molar refractivity (Wildman–Crippen MR) is 63.8 cm³/mol. The summed E-state index contributed by atoms with van der Waals surface area (Å²) >= 11 is 1.38. The second kappa shape index (κ2) is 3.67. The average molecular weight is 248 g/mol. The molecule has 0 aliphatic rings. The van der Waals surface area contributed by atoms with Gasteiger partial charge in [-0.2, -0.15) is 4.98 Å². The number of imidazole rings is 1. The van der Waals surface area contributed by atoms with Crippen LogP contribution in [0.3, 0.4) is 0 Å². The number of aromatic amines is 1. The fourth-order valence-corrected chi connectivity index (χ4v) is 2.12. The molecule has 3 aromatic heterocycles. The number of hydrogen-bond donors (Lipinski definition) is 2. The van der Waals surface area contributed by atoms with Crippen molar-refractivity contribution in [2.24, 2.45) is 0 Å². The van der Waals surface area contributed by atoms with E-state index in [2.05, 4.69) is 19.3 Å². The van der Waals surface area contributed by atoms with Gasteiger partial charge in [0, 0.05) is 17.1 Å². The van der Waals surface area contributed by atoms with E-state index in [0.29, 0.717) is 17.7 Å². The molecule has 0 aliphatic heterocycles. The van der Waals surface area contributed by atoms with Crippen LogP contribution in [0, 0.1) is 0 Å². The largest absolute Gasteiger partial charge is 0.369 e. The monoisotopic (exact) mass is 248 g/mol. The third-order valence-corrected chi connectivity index (χ3v) is 2.96. The van der Waals surface area contributed by atoms with E-state index in [1.54, 1.807) is 17.1 Å². The van der Waals surface area contributed by atoms with Gasteiger partial charge in [-0.25, -0.2) is 9.36 Å². The molecule has 17 heavy (non-hydrogen) atoms. The van der Waals surface area contributed by atoms with Gasteiger partial charge in [0.15, 0.2) is 11.2 Å². The number of nitrogens with zero attached hydrogens (tertiary/aromatic N) is 4. The van der Waals surface area contributed by atoms with Crippen molar-refractivity contribution >= 4 is 28.6 Å². The molecule has 0 aliphatic carbocycles. The van der Waals surface area contributed by atoms with Gasteiger partial charge in [-0.15, -0.1) is 0 Å². The second-order valence-corrected chi connectivity index (χ2v) is 4.19. The van der Waals surface area contributed by atoms with Crippen LogP contribution in [0.2, 0.25) is 0 Å². The molecule has 3 rings (SSSR count). The van der Waals surface area contributed by atoms with Crippen molar-refractivity contribution in [1.82, 2.24) is 23.9 Å². The van der Waals surface area contributed by atoms with E-state index in [1.165, 1.54) is 11.5 Å². The topological polar surface area (TPSA) is 102 Å². The molecule has 0 bridgehead atoms. The van der Waals surface area contributed by atoms with Gasteiger partial charge in [0.25, 0.3) is 5.56 Å². The summed E-state index contributed by atoms with van der Waals surface area (Å²) in [5.74, 6) is 0.0905. The molecule has 3 aromatic rings. The minimum absolute atomic E-state index is 0.0905. The van der Waals surface area contributed by atoms with Crippen LogP contribution in [0.5, 0.6) is 0 Å². The summed E-state index contributed by atoms with van der Waals surface area (Å²) in [6.07, 6.45) is 3.34. The number of nitrogen functional groups attached to an aromatic ring is 1. The Bertz CT molecular complexity index is 713. The summed E-state index contributed by atoms with van der Waals surface area (Å²) in [6, 6.07) is 0. The smallest absolute Gasteiger partial charge is 0.280 e. The minimum atomic E-state index is -0.324. The van der Waals surface area contributed by atoms with Gasteiger partial charge in [0.2, 0.25) is 5.95 Å². The van der Waals surface area contributed by atoms with Crippen molar-refractivity contribution in [1.29, 1.82) is 0 Å². The number of aromatic nitrogens is 5. The van der Waals surface area contributed by atoms with Crippen LogP contribution >= 0.6 is 11.5 Å². The first-order chi connectivity index (χ1) is 8.24. The molecule has 86 valence electrons. The predicted octanol–water partition coefficient (Wildman–Crippen LogP) is 0.207. The lowest BCUT2D eigenvalue weighted by atomic mass is 10.4. The summed E-state index contributed by atoms with van der Waals surface area (Å²) in [5, 5.41) is 1.93. The lowest BCUT2D eigenvalue weighted by Crippen LogP contribution is -2.12. The van der Waals surface area contributed by atoms with Gasteiger partial charge in [0.05, 0.1) is 12.9 Å². The van der Waals surface area contributed by atoms with E-state index in [4.69, 9.17) is 5.73 Å². The molecule has 3 N–H and O–H groups in total. The van der Waals surface area contributed by atoms with E-state index in [1.807, 2.05) is 5.38 Å². The summed E-state index contributed by atoms with van der Waals surface area (Å²) in [4.78, 5) is 22.1. The third kappa shape index (κ3) is 1.68. The molecular formula is C9H8N6OS. The SMILES string of the molecule is Nc1nc2c(ncn2Cc2cnsc2)c(=O)[nH]1. The number of nitrogens with one attached hydrogen (secondary N) is 1. The second-order valence-electron chi connectivity index (χ2n) is 3.53. The summed E-state index contributed by atoms with van der Waals surface area (Å²) in [5.41, 5.74) is 7.00. The molecule has 0 radical (unpaired) electrons. The van der Waals surface area contributed by atoms with Crippen molar-refractivity contribution < 1.29 is 0 Å². The Balaban J connectivity index is 2.15. The lowest BCUT2D eigenvalue weighted by molar-refractivity contribution is 0.815. The fourth-order valence-electron chi connectivity index (χ4n) is 1.59. The highest BCUT2D eigenvalue weighted by atomic mass is 32.1. The average Bonchev–Trinajstić information content (AvgIpc) is 2.89. The molecule has 0 amide bonds. The van der Waals surface area contributed by atoms with Crippen LogP contribution in [-0.2, 0) is 6.54 Å². The van der Waals surface area contributed by atoms with Gasteiger partial charge in [-0.3, -0.25) is 9.78 Å². The maximum Gasteiger partial charge on any atom is 0.280 e. The molecule has 3 heterocycles. The van der Waals surface area contributed by atoms with Crippen molar-refractivity contribution in [3.05, 3.63) is 33.8 Å². The highest BCUT2D eigenvalue weighted by molar-refractivity contribution is 7.03. The van der Waals surface area contributed by atoms with Crippen LogP contribution in [0.1, 0.15) is 5.56 Å². The van der Waals surface area contributed by atoms with Gasteiger partial charge < -0.3 is 10.3 Å². The van der Waals surface area contributed by atoms with Crippen molar-refractivity contribution in [2.45, 2.75) is 6.54 Å². The van der Waals surface area contributed by atoms with Crippen molar-refractivity contribution in [3.63, 3.8) is 0 Å². The number of H-pyrrole nitrogens is 1. The number of hydrogen-bond acceptors (Lipinski definition) is 6. The zero-order valence-corrected chi connectivity index (χ0v) is 9.44. The van der Waals surface area contributed by atoms with Gasteiger partial charge in [-0.05, 0) is 11.5 Å². The first-order valence-electron chi connectivity index (χ1n) is 4.83. The Morgan fingerprint density at radius 3 is 3.18 bits per heavy atom. The molecule has 0 unspecified atom stereocenters. The van der Waals surface area contributed by atoms with E-state index >= 15 is 0 Å². The third-order valence-electron chi connectivity index (χ3n) is 2.33. The lowest BCUT2D eigenvalue weighted by Gasteiger charge is -2.00. The molecule has 0 saturated carbocycles. The Kier molecular flexibility index (Phi) is 2.15. The normalized spacial score (nSPS) is 11.1. The van der Waals surface area contributed by atoms with E-state index in [0.717, 1.165) is 5.56 Å². The van der Waals surface area contributed by atoms with Crippen LogP contribution in [0.4, 0.5) is 5.95 Å². The molecule has 0 aromatic carbocycles. The Hall–Kier alpha value is -2.22. The molecule has 8 heteroatoms.